The number of hydrogen-bond donors (Lipinski definition) is 2. The highest BCUT2D eigenvalue weighted by molar-refractivity contribution is 5.79. The maximum atomic E-state index is 8.92. The first-order valence-corrected chi connectivity index (χ1v) is 7.37. The normalized spacial score (nSPS) is 10.8. The van der Waals surface area contributed by atoms with Gasteiger partial charge in [-0.3, -0.25) is 0 Å². The van der Waals surface area contributed by atoms with Gasteiger partial charge in [0, 0.05) is 13.1 Å². The third-order valence-corrected chi connectivity index (χ3v) is 3.12. The Morgan fingerprint density at radius 1 is 1.05 bits per heavy atom. The average molecular weight is 292 g/mol. The summed E-state index contributed by atoms with van der Waals surface area (Å²) in [4.78, 5) is 4.56. The van der Waals surface area contributed by atoms with Crippen molar-refractivity contribution in [3.8, 4) is 6.07 Å². The molecule has 0 fully saturated rings. The van der Waals surface area contributed by atoms with Crippen LogP contribution in [-0.2, 0) is 13.1 Å². The van der Waals surface area contributed by atoms with Gasteiger partial charge in [0.25, 0.3) is 0 Å². The molecule has 0 atom stereocenters. The number of nitrogens with zero attached hydrogens (tertiary/aromatic N) is 2. The van der Waals surface area contributed by atoms with Crippen molar-refractivity contribution in [2.45, 2.75) is 20.0 Å². The highest BCUT2D eigenvalue weighted by Gasteiger charge is 1.99. The first-order chi connectivity index (χ1) is 10.8. The van der Waals surface area contributed by atoms with Crippen molar-refractivity contribution in [1.82, 2.24) is 10.6 Å². The molecule has 4 heteroatoms. The van der Waals surface area contributed by atoms with Crippen LogP contribution in [0.2, 0.25) is 0 Å². The highest BCUT2D eigenvalue weighted by atomic mass is 15.2. The van der Waals surface area contributed by atoms with E-state index in [1.165, 1.54) is 5.56 Å². The maximum Gasteiger partial charge on any atom is 0.191 e. The molecule has 0 aliphatic heterocycles. The molecular weight excluding hydrogens is 272 g/mol. The molecule has 0 unspecified atom stereocenters. The fraction of sp³-hybridized carbons (Fsp3) is 0.222. The summed E-state index contributed by atoms with van der Waals surface area (Å²) in [5, 5.41) is 15.5. The Bertz CT molecular complexity index is 656. The topological polar surface area (TPSA) is 60.2 Å². The van der Waals surface area contributed by atoms with Gasteiger partial charge in [-0.25, -0.2) is 4.99 Å². The average Bonchev–Trinajstić information content (AvgIpc) is 2.58. The van der Waals surface area contributed by atoms with Crippen LogP contribution in [-0.4, -0.2) is 12.5 Å². The van der Waals surface area contributed by atoms with Crippen LogP contribution in [0, 0.1) is 11.3 Å². The van der Waals surface area contributed by atoms with E-state index < -0.39 is 0 Å². The van der Waals surface area contributed by atoms with E-state index in [0.29, 0.717) is 12.1 Å². The van der Waals surface area contributed by atoms with Gasteiger partial charge < -0.3 is 10.6 Å². The fourth-order valence-corrected chi connectivity index (χ4v) is 2.03. The van der Waals surface area contributed by atoms with Crippen LogP contribution < -0.4 is 10.6 Å². The molecule has 0 aliphatic carbocycles. The second-order valence-corrected chi connectivity index (χ2v) is 4.85. The van der Waals surface area contributed by atoms with Gasteiger partial charge in [0.15, 0.2) is 5.96 Å². The number of benzene rings is 2. The predicted molar refractivity (Wildman–Crippen MR) is 89.3 cm³/mol. The van der Waals surface area contributed by atoms with Gasteiger partial charge in [-0.05, 0) is 30.2 Å². The third kappa shape index (κ3) is 4.95. The zero-order valence-corrected chi connectivity index (χ0v) is 12.7. The van der Waals surface area contributed by atoms with Crippen LogP contribution in [0.1, 0.15) is 23.6 Å². The van der Waals surface area contributed by atoms with Crippen LogP contribution >= 0.6 is 0 Å². The lowest BCUT2D eigenvalue weighted by Crippen LogP contribution is -2.36. The van der Waals surface area contributed by atoms with Crippen LogP contribution in [0.15, 0.2) is 59.6 Å². The fourth-order valence-electron chi connectivity index (χ4n) is 2.03. The summed E-state index contributed by atoms with van der Waals surface area (Å²) in [7, 11) is 0. The van der Waals surface area contributed by atoms with E-state index in [0.717, 1.165) is 24.6 Å². The molecule has 4 nitrogen and oxygen atoms in total. The van der Waals surface area contributed by atoms with Crippen molar-refractivity contribution in [3.63, 3.8) is 0 Å². The van der Waals surface area contributed by atoms with Crippen molar-refractivity contribution >= 4 is 5.96 Å². The minimum Gasteiger partial charge on any atom is -0.357 e. The Hall–Kier alpha value is -2.80. The van der Waals surface area contributed by atoms with E-state index in [9.17, 15) is 0 Å². The zero-order valence-electron chi connectivity index (χ0n) is 12.7. The van der Waals surface area contributed by atoms with Gasteiger partial charge >= 0.3 is 0 Å². The van der Waals surface area contributed by atoms with Gasteiger partial charge in [-0.1, -0.05) is 42.5 Å². The van der Waals surface area contributed by atoms with E-state index in [2.05, 4.69) is 33.8 Å². The van der Waals surface area contributed by atoms with Crippen molar-refractivity contribution in [3.05, 3.63) is 71.3 Å². The van der Waals surface area contributed by atoms with Crippen LogP contribution in [0.3, 0.4) is 0 Å². The molecular formula is C18H20N4. The summed E-state index contributed by atoms with van der Waals surface area (Å²) in [6.07, 6.45) is 0. The second kappa shape index (κ2) is 8.48. The largest absolute Gasteiger partial charge is 0.357 e. The number of rotatable bonds is 5. The third-order valence-electron chi connectivity index (χ3n) is 3.12. The van der Waals surface area contributed by atoms with E-state index in [1.807, 2.05) is 43.3 Å². The van der Waals surface area contributed by atoms with Gasteiger partial charge in [0.05, 0.1) is 18.2 Å². The SMILES string of the molecule is CCNC(=NCc1cccc(C#N)c1)NCc1ccccc1. The number of aliphatic imine (C=N–C) groups is 1. The molecule has 0 amide bonds. The molecule has 2 aromatic carbocycles. The molecule has 0 aliphatic rings. The smallest absolute Gasteiger partial charge is 0.191 e. The molecule has 2 rings (SSSR count). The van der Waals surface area contributed by atoms with Crippen molar-refractivity contribution in [2.24, 2.45) is 4.99 Å². The van der Waals surface area contributed by atoms with Gasteiger partial charge in [-0.2, -0.15) is 5.26 Å². The van der Waals surface area contributed by atoms with Crippen molar-refractivity contribution < 1.29 is 0 Å². The Balaban J connectivity index is 1.98. The number of nitriles is 1. The summed E-state index contributed by atoms with van der Waals surface area (Å²) < 4.78 is 0. The summed E-state index contributed by atoms with van der Waals surface area (Å²) in [5.74, 6) is 0.772. The molecule has 112 valence electrons. The molecule has 0 radical (unpaired) electrons. The van der Waals surface area contributed by atoms with Crippen LogP contribution in [0.5, 0.6) is 0 Å². The standard InChI is InChI=1S/C18H20N4/c1-2-20-18(21-13-15-7-4-3-5-8-15)22-14-17-10-6-9-16(11-17)12-19/h3-11H,2,13-14H2,1H3,(H2,20,21,22). The molecule has 22 heavy (non-hydrogen) atoms. The Kier molecular flexibility index (Phi) is 6.01. The van der Waals surface area contributed by atoms with Crippen molar-refractivity contribution in [2.75, 3.05) is 6.54 Å². The van der Waals surface area contributed by atoms with E-state index >= 15 is 0 Å². The first kappa shape index (κ1) is 15.6. The quantitative estimate of drug-likeness (QED) is 0.658. The lowest BCUT2D eigenvalue weighted by Gasteiger charge is -2.11. The molecule has 0 saturated carbocycles. The van der Waals surface area contributed by atoms with Crippen molar-refractivity contribution in [1.29, 1.82) is 5.26 Å². The Morgan fingerprint density at radius 2 is 1.82 bits per heavy atom. The minimum absolute atomic E-state index is 0.541. The monoisotopic (exact) mass is 292 g/mol. The van der Waals surface area contributed by atoms with Gasteiger partial charge in [0.1, 0.15) is 0 Å². The first-order valence-electron chi connectivity index (χ1n) is 7.37. The van der Waals surface area contributed by atoms with Gasteiger partial charge in [0.2, 0.25) is 0 Å². The number of hydrogen-bond acceptors (Lipinski definition) is 2. The lowest BCUT2D eigenvalue weighted by atomic mass is 10.1. The summed E-state index contributed by atoms with van der Waals surface area (Å²) in [5.41, 5.74) is 2.89. The Labute approximate surface area is 131 Å². The zero-order chi connectivity index (χ0) is 15.6. The lowest BCUT2D eigenvalue weighted by molar-refractivity contribution is 0.816. The molecule has 0 saturated heterocycles. The maximum absolute atomic E-state index is 8.92. The predicted octanol–water partition coefficient (Wildman–Crippen LogP) is 2.81. The van der Waals surface area contributed by atoms with E-state index in [-0.39, 0.29) is 0 Å². The molecule has 0 bridgehead atoms. The van der Waals surface area contributed by atoms with E-state index in [4.69, 9.17) is 5.26 Å². The minimum atomic E-state index is 0.541. The summed E-state index contributed by atoms with van der Waals surface area (Å²) in [6.45, 7) is 4.11. The summed E-state index contributed by atoms with van der Waals surface area (Å²) in [6, 6.07) is 19.9. The van der Waals surface area contributed by atoms with Crippen LogP contribution in [0.4, 0.5) is 0 Å². The molecule has 0 heterocycles. The number of nitrogens with one attached hydrogen (secondary N) is 2. The summed E-state index contributed by atoms with van der Waals surface area (Å²) >= 11 is 0. The van der Waals surface area contributed by atoms with Crippen LogP contribution in [0.25, 0.3) is 0 Å². The van der Waals surface area contributed by atoms with Gasteiger partial charge in [-0.15, -0.1) is 0 Å². The number of guanidine groups is 1. The molecule has 2 N–H and O–H groups in total. The van der Waals surface area contributed by atoms with E-state index in [1.54, 1.807) is 6.07 Å². The molecule has 2 aromatic rings. The highest BCUT2D eigenvalue weighted by Crippen LogP contribution is 2.05. The molecule has 0 spiro atoms. The Morgan fingerprint density at radius 3 is 2.55 bits per heavy atom. The second-order valence-electron chi connectivity index (χ2n) is 4.85. The molecule has 0 aromatic heterocycles.